The van der Waals surface area contributed by atoms with Crippen LogP contribution in [0.2, 0.25) is 0 Å². The number of nitrogens with two attached hydrogens (primary N) is 2. The molecule has 0 saturated carbocycles. The molecule has 1 fully saturated rings. The molecule has 0 aromatic carbocycles. The van der Waals surface area contributed by atoms with E-state index in [0.717, 1.165) is 4.90 Å². The summed E-state index contributed by atoms with van der Waals surface area (Å²) in [6, 6.07) is -9.47. The van der Waals surface area contributed by atoms with Crippen molar-refractivity contribution >= 4 is 65.2 Å². The zero-order chi connectivity index (χ0) is 42.0. The second-order valence-electron chi connectivity index (χ2n) is 12.9. The molecule has 24 heteroatoms. The smallest absolute Gasteiger partial charge is 0.322 e. The van der Waals surface area contributed by atoms with Gasteiger partial charge in [-0.3, -0.25) is 52.7 Å². The van der Waals surface area contributed by atoms with Crippen LogP contribution in [0.15, 0.2) is 0 Å². The summed E-state index contributed by atoms with van der Waals surface area (Å²) in [4.78, 5) is 137. The van der Waals surface area contributed by atoms with E-state index in [1.807, 2.05) is 5.32 Å². The summed E-state index contributed by atoms with van der Waals surface area (Å²) in [7, 11) is 0. The predicted molar refractivity (Wildman–Crippen MR) is 184 cm³/mol. The third kappa shape index (κ3) is 16.8. The molecule has 0 aromatic rings. The quantitative estimate of drug-likeness (QED) is 0.0433. The van der Waals surface area contributed by atoms with Gasteiger partial charge in [0.25, 0.3) is 0 Å². The number of amides is 8. The molecule has 0 spiro atoms. The molecule has 308 valence electrons. The lowest BCUT2D eigenvalue weighted by molar-refractivity contribution is -0.144. The maximum Gasteiger partial charge on any atom is 0.322 e. The molecule has 1 aliphatic rings. The molecule has 0 bridgehead atoms. The lowest BCUT2D eigenvalue weighted by Gasteiger charge is -2.30. The molecule has 0 aliphatic carbocycles. The van der Waals surface area contributed by atoms with E-state index in [0.29, 0.717) is 0 Å². The number of nitrogens with zero attached hydrogens (tertiary/aromatic N) is 1. The van der Waals surface area contributed by atoms with Gasteiger partial charge in [0.1, 0.15) is 42.8 Å². The fourth-order valence-electron chi connectivity index (χ4n) is 5.35. The number of carboxylic acids is 3. The van der Waals surface area contributed by atoms with Crippen LogP contribution in [0.5, 0.6) is 0 Å². The number of likely N-dealkylation sites (tertiary alicyclic amines) is 1. The van der Waals surface area contributed by atoms with Crippen LogP contribution in [0.3, 0.4) is 0 Å². The lowest BCUT2D eigenvalue weighted by Crippen LogP contribution is -2.60. The van der Waals surface area contributed by atoms with Gasteiger partial charge in [-0.1, -0.05) is 13.8 Å². The number of carbonyl (C=O) groups is 11. The standard InChI is InChI=1S/C31H49N9O15/c1-14(2)8-16(37-28(52)17(9-21(33)42)35-22(43)11-32)27(51)38-18(10-24(46)47)29(53)39-19(13-41)31(55)40-7-3-4-20(40)30(54)36-15(5-6-23(44)45)26(50)34-12-25(48)49/h14-20,41H,3-13,32H2,1-2H3,(H2,33,42)(H,34,50)(H,35,43)(H,36,54)(H,37,52)(H,38,51)(H,39,53)(H,44,45)(H,46,47)(H,48,49)/t15-,16-,17-,18-,19-,20-/m0/s1. The first kappa shape index (κ1) is 47.1. The first-order valence-corrected chi connectivity index (χ1v) is 17.0. The molecule has 0 unspecified atom stereocenters. The second kappa shape index (κ2) is 23.0. The molecule has 14 N–H and O–H groups in total. The van der Waals surface area contributed by atoms with Crippen molar-refractivity contribution in [1.29, 1.82) is 0 Å². The fourth-order valence-corrected chi connectivity index (χ4v) is 5.35. The number of carboxylic acid groups (broad SMARTS) is 3. The summed E-state index contributed by atoms with van der Waals surface area (Å²) in [6.07, 6.45) is -2.54. The Bertz CT molecular complexity index is 1470. The zero-order valence-corrected chi connectivity index (χ0v) is 30.2. The minimum Gasteiger partial charge on any atom is -0.481 e. The van der Waals surface area contributed by atoms with E-state index in [9.17, 15) is 63.0 Å². The Morgan fingerprint density at radius 2 is 1.27 bits per heavy atom. The van der Waals surface area contributed by atoms with E-state index < -0.39 is 147 Å². The monoisotopic (exact) mass is 787 g/mol. The lowest BCUT2D eigenvalue weighted by atomic mass is 10.0. The molecule has 0 radical (unpaired) electrons. The van der Waals surface area contributed by atoms with Crippen LogP contribution in [0.4, 0.5) is 0 Å². The minimum atomic E-state index is -1.89. The van der Waals surface area contributed by atoms with Gasteiger partial charge in [-0.2, -0.15) is 0 Å². The Kier molecular flexibility index (Phi) is 19.7. The number of carbonyl (C=O) groups excluding carboxylic acids is 8. The van der Waals surface area contributed by atoms with Crippen LogP contribution in [-0.4, -0.2) is 153 Å². The molecule has 8 amide bonds. The van der Waals surface area contributed by atoms with Gasteiger partial charge in [0, 0.05) is 13.0 Å². The van der Waals surface area contributed by atoms with Gasteiger partial charge >= 0.3 is 17.9 Å². The van der Waals surface area contributed by atoms with E-state index in [2.05, 4.69) is 26.6 Å². The summed E-state index contributed by atoms with van der Waals surface area (Å²) in [5.74, 6) is -12.7. The molecule has 1 rings (SSSR count). The SMILES string of the molecule is CC(C)C[C@H](NC(=O)[C@H](CC(N)=O)NC(=O)CN)C(=O)N[C@@H](CC(=O)O)C(=O)N[C@@H](CO)C(=O)N1CCC[C@H]1C(=O)N[C@@H](CCC(=O)O)C(=O)NCC(=O)O. The zero-order valence-electron chi connectivity index (χ0n) is 30.2. The summed E-state index contributed by atoms with van der Waals surface area (Å²) in [5.41, 5.74) is 10.4. The highest BCUT2D eigenvalue weighted by molar-refractivity contribution is 5.99. The number of aliphatic carboxylic acids is 3. The Labute approximate surface area is 313 Å². The maximum absolute atomic E-state index is 13.5. The van der Waals surface area contributed by atoms with Crippen LogP contribution in [0.1, 0.15) is 58.8 Å². The Balaban J connectivity index is 3.20. The van der Waals surface area contributed by atoms with E-state index in [1.54, 1.807) is 13.8 Å². The number of nitrogens with one attached hydrogen (secondary N) is 6. The molecule has 6 atom stereocenters. The van der Waals surface area contributed by atoms with Crippen molar-refractivity contribution in [3.63, 3.8) is 0 Å². The normalized spacial score (nSPS) is 16.3. The molecule has 55 heavy (non-hydrogen) atoms. The van der Waals surface area contributed by atoms with Crippen molar-refractivity contribution in [3.05, 3.63) is 0 Å². The number of aliphatic hydroxyl groups is 1. The van der Waals surface area contributed by atoms with Crippen molar-refractivity contribution in [3.8, 4) is 0 Å². The predicted octanol–water partition coefficient (Wildman–Crippen LogP) is -6.19. The van der Waals surface area contributed by atoms with E-state index in [4.69, 9.17) is 21.7 Å². The third-order valence-corrected chi connectivity index (χ3v) is 7.92. The van der Waals surface area contributed by atoms with E-state index in [1.165, 1.54) is 0 Å². The van der Waals surface area contributed by atoms with Crippen molar-refractivity contribution in [2.24, 2.45) is 17.4 Å². The average molecular weight is 788 g/mol. The summed E-state index contributed by atoms with van der Waals surface area (Å²) >= 11 is 0. The first-order chi connectivity index (χ1) is 25.7. The van der Waals surface area contributed by atoms with Gasteiger partial charge in [-0.05, 0) is 31.6 Å². The summed E-state index contributed by atoms with van der Waals surface area (Å²) < 4.78 is 0. The van der Waals surface area contributed by atoms with Crippen LogP contribution in [-0.2, 0) is 52.7 Å². The minimum absolute atomic E-state index is 0.0307. The second-order valence-corrected chi connectivity index (χ2v) is 12.9. The van der Waals surface area contributed by atoms with Crippen LogP contribution in [0.25, 0.3) is 0 Å². The molecule has 1 aliphatic heterocycles. The highest BCUT2D eigenvalue weighted by Gasteiger charge is 2.40. The Morgan fingerprint density at radius 1 is 0.709 bits per heavy atom. The Hall–Kier alpha value is -5.91. The number of hydrogen-bond acceptors (Lipinski definition) is 13. The topological polar surface area (TPSA) is 396 Å². The summed E-state index contributed by atoms with van der Waals surface area (Å²) in [6.45, 7) is 0.814. The molecule has 0 aromatic heterocycles. The average Bonchev–Trinajstić information content (AvgIpc) is 3.59. The highest BCUT2D eigenvalue weighted by atomic mass is 16.4. The van der Waals surface area contributed by atoms with Crippen molar-refractivity contribution in [2.75, 3.05) is 26.2 Å². The number of rotatable bonds is 24. The third-order valence-electron chi connectivity index (χ3n) is 7.92. The van der Waals surface area contributed by atoms with Gasteiger partial charge in [-0.25, -0.2) is 0 Å². The van der Waals surface area contributed by atoms with Gasteiger partial charge in [0.2, 0.25) is 47.3 Å². The largest absolute Gasteiger partial charge is 0.481 e. The molecule has 24 nitrogen and oxygen atoms in total. The fraction of sp³-hybridized carbons (Fsp3) is 0.645. The van der Waals surface area contributed by atoms with Gasteiger partial charge in [0.15, 0.2) is 0 Å². The molecule has 1 saturated heterocycles. The van der Waals surface area contributed by atoms with Crippen molar-refractivity contribution in [2.45, 2.75) is 95.0 Å². The molecule has 1 heterocycles. The maximum atomic E-state index is 13.5. The number of aliphatic hydroxyl groups excluding tert-OH is 1. The molecular formula is C31H49N9O15. The van der Waals surface area contributed by atoms with Crippen molar-refractivity contribution < 1.29 is 73.2 Å². The van der Waals surface area contributed by atoms with Gasteiger partial charge in [0.05, 0.1) is 26.0 Å². The first-order valence-electron chi connectivity index (χ1n) is 17.0. The Morgan fingerprint density at radius 3 is 1.78 bits per heavy atom. The van der Waals surface area contributed by atoms with Crippen molar-refractivity contribution in [1.82, 2.24) is 36.8 Å². The molecular weight excluding hydrogens is 738 g/mol. The van der Waals surface area contributed by atoms with Gasteiger partial charge in [-0.15, -0.1) is 0 Å². The number of hydrogen-bond donors (Lipinski definition) is 12. The highest BCUT2D eigenvalue weighted by Crippen LogP contribution is 2.19. The van der Waals surface area contributed by atoms with Gasteiger partial charge < -0.3 is 68.7 Å². The number of primary amides is 1. The van der Waals surface area contributed by atoms with Crippen LogP contribution in [0, 0.1) is 5.92 Å². The summed E-state index contributed by atoms with van der Waals surface area (Å²) in [5, 5.41) is 50.6. The van der Waals surface area contributed by atoms with E-state index in [-0.39, 0.29) is 31.7 Å². The van der Waals surface area contributed by atoms with Crippen LogP contribution >= 0.6 is 0 Å². The van der Waals surface area contributed by atoms with Crippen LogP contribution < -0.4 is 43.4 Å². The van der Waals surface area contributed by atoms with E-state index >= 15 is 0 Å².